The average molecular weight is 349 g/mol. The van der Waals surface area contributed by atoms with Crippen LogP contribution in [-0.4, -0.2) is 39.9 Å². The number of hydrogen-bond acceptors (Lipinski definition) is 5. The zero-order chi connectivity index (χ0) is 19.0. The molecule has 2 atom stereocenters. The number of rotatable bonds is 9. The van der Waals surface area contributed by atoms with Crippen LogP contribution in [0.1, 0.15) is 30.1 Å². The van der Waals surface area contributed by atoms with Crippen LogP contribution in [0.5, 0.6) is 0 Å². The van der Waals surface area contributed by atoms with Crippen LogP contribution in [0.25, 0.3) is 0 Å². The van der Waals surface area contributed by atoms with E-state index in [0.29, 0.717) is 6.42 Å². The van der Waals surface area contributed by atoms with Crippen molar-refractivity contribution in [2.45, 2.75) is 31.8 Å². The van der Waals surface area contributed by atoms with Crippen LogP contribution in [0.3, 0.4) is 0 Å². The number of carboxylic acids is 1. The SMILES string of the molecule is C=CCCC(NC(=O)C(C)NC(=O)c1cccc([N+](=O)[O-])c1)C(=O)O. The summed E-state index contributed by atoms with van der Waals surface area (Å²) in [7, 11) is 0. The third-order valence-electron chi connectivity index (χ3n) is 3.33. The first-order valence-electron chi connectivity index (χ1n) is 7.45. The number of nitrogens with one attached hydrogen (secondary N) is 2. The van der Waals surface area contributed by atoms with Crippen molar-refractivity contribution in [1.82, 2.24) is 10.6 Å². The summed E-state index contributed by atoms with van der Waals surface area (Å²) in [4.78, 5) is 45.3. The summed E-state index contributed by atoms with van der Waals surface area (Å²) in [5.74, 6) is -2.54. The predicted molar refractivity (Wildman–Crippen MR) is 89.0 cm³/mol. The van der Waals surface area contributed by atoms with Gasteiger partial charge in [0.05, 0.1) is 4.92 Å². The van der Waals surface area contributed by atoms with Crippen LogP contribution in [0.15, 0.2) is 36.9 Å². The molecule has 0 fully saturated rings. The molecule has 2 unspecified atom stereocenters. The molecule has 0 aromatic heterocycles. The van der Waals surface area contributed by atoms with Gasteiger partial charge in [0.1, 0.15) is 12.1 Å². The lowest BCUT2D eigenvalue weighted by atomic mass is 10.1. The number of carbonyl (C=O) groups is 3. The maximum absolute atomic E-state index is 12.1. The van der Waals surface area contributed by atoms with Crippen molar-refractivity contribution < 1.29 is 24.4 Å². The molecule has 0 bridgehead atoms. The maximum atomic E-state index is 12.1. The molecule has 134 valence electrons. The first-order chi connectivity index (χ1) is 11.8. The van der Waals surface area contributed by atoms with Gasteiger partial charge in [0.25, 0.3) is 11.6 Å². The number of aliphatic carboxylic acids is 1. The average Bonchev–Trinajstić information content (AvgIpc) is 2.57. The fourth-order valence-electron chi connectivity index (χ4n) is 1.94. The zero-order valence-corrected chi connectivity index (χ0v) is 13.6. The first-order valence-corrected chi connectivity index (χ1v) is 7.45. The topological polar surface area (TPSA) is 139 Å². The van der Waals surface area contributed by atoms with E-state index in [0.717, 1.165) is 6.07 Å². The lowest BCUT2D eigenvalue weighted by molar-refractivity contribution is -0.384. The predicted octanol–water partition coefficient (Wildman–Crippen LogP) is 1.25. The molecule has 1 aromatic carbocycles. The Morgan fingerprint density at radius 3 is 2.60 bits per heavy atom. The van der Waals surface area contributed by atoms with Crippen molar-refractivity contribution in [3.05, 3.63) is 52.6 Å². The highest BCUT2D eigenvalue weighted by Crippen LogP contribution is 2.13. The number of carboxylic acid groups (broad SMARTS) is 1. The van der Waals surface area contributed by atoms with Gasteiger partial charge in [-0.2, -0.15) is 0 Å². The van der Waals surface area contributed by atoms with Gasteiger partial charge in [0.2, 0.25) is 5.91 Å². The molecule has 0 saturated heterocycles. The molecule has 0 radical (unpaired) electrons. The molecule has 0 saturated carbocycles. The van der Waals surface area contributed by atoms with E-state index >= 15 is 0 Å². The summed E-state index contributed by atoms with van der Waals surface area (Å²) < 4.78 is 0. The van der Waals surface area contributed by atoms with Gasteiger partial charge in [-0.25, -0.2) is 4.79 Å². The van der Waals surface area contributed by atoms with Gasteiger partial charge in [-0.05, 0) is 25.8 Å². The van der Waals surface area contributed by atoms with E-state index in [9.17, 15) is 24.5 Å². The molecule has 1 rings (SSSR count). The van der Waals surface area contributed by atoms with Crippen LogP contribution in [0.2, 0.25) is 0 Å². The first kappa shape index (κ1) is 19.8. The number of non-ortho nitro benzene ring substituents is 1. The lowest BCUT2D eigenvalue weighted by Crippen LogP contribution is -2.50. The number of nitrogens with zero attached hydrogens (tertiary/aromatic N) is 1. The van der Waals surface area contributed by atoms with Crippen molar-refractivity contribution in [1.29, 1.82) is 0 Å². The summed E-state index contributed by atoms with van der Waals surface area (Å²) in [6, 6.07) is 2.94. The Bertz CT molecular complexity index is 688. The molecule has 0 aliphatic carbocycles. The van der Waals surface area contributed by atoms with Crippen molar-refractivity contribution >= 4 is 23.5 Å². The third kappa shape index (κ3) is 6.05. The Hall–Kier alpha value is -3.23. The fourth-order valence-corrected chi connectivity index (χ4v) is 1.94. The van der Waals surface area contributed by atoms with Gasteiger partial charge >= 0.3 is 5.97 Å². The molecule has 3 N–H and O–H groups in total. The third-order valence-corrected chi connectivity index (χ3v) is 3.33. The highest BCUT2D eigenvalue weighted by Gasteiger charge is 2.24. The van der Waals surface area contributed by atoms with Crippen molar-refractivity contribution in [3.8, 4) is 0 Å². The number of nitro groups is 1. The van der Waals surface area contributed by atoms with Gasteiger partial charge in [-0.3, -0.25) is 19.7 Å². The van der Waals surface area contributed by atoms with E-state index in [1.807, 2.05) is 0 Å². The number of allylic oxidation sites excluding steroid dienone is 1. The molecule has 0 spiro atoms. The number of carbonyl (C=O) groups excluding carboxylic acids is 2. The van der Waals surface area contributed by atoms with Gasteiger partial charge in [0, 0.05) is 17.7 Å². The smallest absolute Gasteiger partial charge is 0.326 e. The molecular weight excluding hydrogens is 330 g/mol. The largest absolute Gasteiger partial charge is 0.480 e. The summed E-state index contributed by atoms with van der Waals surface area (Å²) in [5, 5.41) is 24.5. The zero-order valence-electron chi connectivity index (χ0n) is 13.6. The Labute approximate surface area is 143 Å². The maximum Gasteiger partial charge on any atom is 0.326 e. The minimum absolute atomic E-state index is 0.0234. The highest BCUT2D eigenvalue weighted by atomic mass is 16.6. The van der Waals surface area contributed by atoms with Crippen molar-refractivity contribution in [3.63, 3.8) is 0 Å². The standard InChI is InChI=1S/C16H19N3O6/c1-3-4-8-13(16(22)23)18-14(20)10(2)17-15(21)11-6-5-7-12(9-11)19(24)25/h3,5-7,9-10,13H,1,4,8H2,2H3,(H,17,21)(H,18,20)(H,22,23). The molecule has 9 nitrogen and oxygen atoms in total. The van der Waals surface area contributed by atoms with Crippen LogP contribution < -0.4 is 10.6 Å². The second kappa shape index (κ2) is 9.16. The molecule has 1 aromatic rings. The molecule has 25 heavy (non-hydrogen) atoms. The summed E-state index contributed by atoms with van der Waals surface area (Å²) in [5.41, 5.74) is -0.226. The second-order valence-electron chi connectivity index (χ2n) is 5.27. The Balaban J connectivity index is 2.71. The molecule has 0 aliphatic heterocycles. The summed E-state index contributed by atoms with van der Waals surface area (Å²) >= 11 is 0. The monoisotopic (exact) mass is 349 g/mol. The quantitative estimate of drug-likeness (QED) is 0.348. The van der Waals surface area contributed by atoms with Gasteiger partial charge in [-0.1, -0.05) is 12.1 Å². The molecular formula is C16H19N3O6. The Morgan fingerprint density at radius 2 is 2.04 bits per heavy atom. The van der Waals surface area contributed by atoms with Gasteiger partial charge < -0.3 is 15.7 Å². The molecule has 9 heteroatoms. The second-order valence-corrected chi connectivity index (χ2v) is 5.27. The van der Waals surface area contributed by atoms with Gasteiger partial charge in [-0.15, -0.1) is 6.58 Å². The van der Waals surface area contributed by atoms with Crippen molar-refractivity contribution in [2.75, 3.05) is 0 Å². The summed E-state index contributed by atoms with van der Waals surface area (Å²) in [6.07, 6.45) is 2.12. The lowest BCUT2D eigenvalue weighted by Gasteiger charge is -2.18. The molecule has 2 amide bonds. The molecule has 0 aliphatic rings. The van der Waals surface area contributed by atoms with Gasteiger partial charge in [0.15, 0.2) is 0 Å². The fraction of sp³-hybridized carbons (Fsp3) is 0.312. The van der Waals surface area contributed by atoms with Crippen molar-refractivity contribution in [2.24, 2.45) is 0 Å². The van der Waals surface area contributed by atoms with E-state index in [-0.39, 0.29) is 17.7 Å². The van der Waals surface area contributed by atoms with Crippen LogP contribution in [0.4, 0.5) is 5.69 Å². The van der Waals surface area contributed by atoms with E-state index < -0.39 is 34.8 Å². The minimum Gasteiger partial charge on any atom is -0.480 e. The number of nitro benzene ring substituents is 1. The number of hydrogen-bond donors (Lipinski definition) is 3. The molecule has 0 heterocycles. The van der Waals surface area contributed by atoms with Crippen LogP contribution >= 0.6 is 0 Å². The van der Waals surface area contributed by atoms with E-state index in [1.165, 1.54) is 31.2 Å². The highest BCUT2D eigenvalue weighted by molar-refractivity contribution is 5.98. The minimum atomic E-state index is -1.19. The normalized spacial score (nSPS) is 12.5. The van der Waals surface area contributed by atoms with E-state index in [1.54, 1.807) is 0 Å². The number of benzene rings is 1. The number of amides is 2. The summed E-state index contributed by atoms with van der Waals surface area (Å²) in [6.45, 7) is 4.87. The Morgan fingerprint density at radius 1 is 1.36 bits per heavy atom. The van der Waals surface area contributed by atoms with Crippen LogP contribution in [-0.2, 0) is 9.59 Å². The van der Waals surface area contributed by atoms with E-state index in [2.05, 4.69) is 17.2 Å². The van der Waals surface area contributed by atoms with E-state index in [4.69, 9.17) is 5.11 Å². The van der Waals surface area contributed by atoms with Crippen LogP contribution in [0, 0.1) is 10.1 Å². The Kier molecular flexibility index (Phi) is 7.26.